The molecule has 0 spiro atoms. The summed E-state index contributed by atoms with van der Waals surface area (Å²) in [6.07, 6.45) is 1.18. The third kappa shape index (κ3) is 2.20. The van der Waals surface area contributed by atoms with Gasteiger partial charge in [0.15, 0.2) is 0 Å². The molecule has 1 heterocycles. The van der Waals surface area contributed by atoms with Crippen molar-refractivity contribution in [3.8, 4) is 0 Å². The lowest BCUT2D eigenvalue weighted by Gasteiger charge is -2.24. The minimum Gasteiger partial charge on any atom is -0.398 e. The van der Waals surface area contributed by atoms with E-state index < -0.39 is 5.91 Å². The van der Waals surface area contributed by atoms with Crippen molar-refractivity contribution in [3.63, 3.8) is 0 Å². The summed E-state index contributed by atoms with van der Waals surface area (Å²) in [5, 5.41) is 0. The van der Waals surface area contributed by atoms with Crippen molar-refractivity contribution < 1.29 is 4.79 Å². The number of hydrogen-bond donors (Lipinski definition) is 2. The average molecular weight is 233 g/mol. The van der Waals surface area contributed by atoms with Gasteiger partial charge in [0, 0.05) is 24.0 Å². The van der Waals surface area contributed by atoms with Gasteiger partial charge in [-0.15, -0.1) is 0 Å². The van der Waals surface area contributed by atoms with Gasteiger partial charge in [-0.05, 0) is 37.5 Å². The van der Waals surface area contributed by atoms with E-state index in [1.54, 1.807) is 12.1 Å². The smallest absolute Gasteiger partial charge is 0.250 e. The number of rotatable bonds is 2. The zero-order valence-electron chi connectivity index (χ0n) is 10.3. The molecule has 2 rings (SSSR count). The van der Waals surface area contributed by atoms with Crippen LogP contribution in [0.5, 0.6) is 0 Å². The number of benzene rings is 1. The van der Waals surface area contributed by atoms with Crippen LogP contribution in [0.25, 0.3) is 0 Å². The molecule has 0 radical (unpaired) electrons. The molecule has 1 aromatic carbocycles. The maximum atomic E-state index is 11.3. The molecule has 4 nitrogen and oxygen atoms in total. The van der Waals surface area contributed by atoms with E-state index in [0.717, 1.165) is 12.2 Å². The quantitative estimate of drug-likeness (QED) is 0.762. The molecule has 1 aliphatic rings. The SMILES string of the molecule is CC1CC(C)N(c2ccc(N)c(C(N)=O)c2)C1. The zero-order chi connectivity index (χ0) is 12.6. The molecule has 0 aromatic heterocycles. The van der Waals surface area contributed by atoms with Crippen molar-refractivity contribution in [3.05, 3.63) is 23.8 Å². The highest BCUT2D eigenvalue weighted by Crippen LogP contribution is 2.30. The molecular formula is C13H19N3O. The molecule has 4 heteroatoms. The summed E-state index contributed by atoms with van der Waals surface area (Å²) in [4.78, 5) is 13.6. The molecule has 2 atom stereocenters. The number of carbonyl (C=O) groups excluding carboxylic acids is 1. The van der Waals surface area contributed by atoms with E-state index in [2.05, 4.69) is 18.7 Å². The van der Waals surface area contributed by atoms with E-state index in [-0.39, 0.29) is 0 Å². The van der Waals surface area contributed by atoms with Gasteiger partial charge in [-0.2, -0.15) is 0 Å². The third-order valence-corrected chi connectivity index (χ3v) is 3.42. The van der Waals surface area contributed by atoms with Crippen LogP contribution in [0.2, 0.25) is 0 Å². The minimum atomic E-state index is -0.468. The summed E-state index contributed by atoms with van der Waals surface area (Å²) in [6.45, 7) is 5.45. The molecule has 2 unspecified atom stereocenters. The Morgan fingerprint density at radius 3 is 2.65 bits per heavy atom. The number of amides is 1. The second-order valence-electron chi connectivity index (χ2n) is 4.98. The molecule has 1 fully saturated rings. The molecule has 1 aromatic rings. The Balaban J connectivity index is 2.34. The first-order valence-electron chi connectivity index (χ1n) is 5.95. The minimum absolute atomic E-state index is 0.411. The van der Waals surface area contributed by atoms with Crippen LogP contribution in [0.1, 0.15) is 30.6 Å². The molecule has 17 heavy (non-hydrogen) atoms. The van der Waals surface area contributed by atoms with E-state index >= 15 is 0 Å². The van der Waals surface area contributed by atoms with Crippen LogP contribution in [0, 0.1) is 5.92 Å². The van der Waals surface area contributed by atoms with Crippen LogP contribution in [0.3, 0.4) is 0 Å². The van der Waals surface area contributed by atoms with Crippen LogP contribution in [0.15, 0.2) is 18.2 Å². The van der Waals surface area contributed by atoms with Crippen molar-refractivity contribution >= 4 is 17.3 Å². The summed E-state index contributed by atoms with van der Waals surface area (Å²) in [7, 11) is 0. The zero-order valence-corrected chi connectivity index (χ0v) is 10.3. The maximum Gasteiger partial charge on any atom is 0.250 e. The predicted molar refractivity (Wildman–Crippen MR) is 70.0 cm³/mol. The van der Waals surface area contributed by atoms with E-state index in [4.69, 9.17) is 11.5 Å². The first kappa shape index (κ1) is 11.8. The highest BCUT2D eigenvalue weighted by atomic mass is 16.1. The van der Waals surface area contributed by atoms with Crippen molar-refractivity contribution in [2.45, 2.75) is 26.3 Å². The monoisotopic (exact) mass is 233 g/mol. The number of nitrogens with zero attached hydrogens (tertiary/aromatic N) is 1. The Kier molecular flexibility index (Phi) is 2.96. The fraction of sp³-hybridized carbons (Fsp3) is 0.462. The Morgan fingerprint density at radius 2 is 2.12 bits per heavy atom. The first-order chi connectivity index (χ1) is 7.99. The molecule has 1 aliphatic heterocycles. The Labute approximate surface area is 102 Å². The van der Waals surface area contributed by atoms with Crippen LogP contribution >= 0.6 is 0 Å². The topological polar surface area (TPSA) is 72.3 Å². The van der Waals surface area contributed by atoms with Gasteiger partial charge >= 0.3 is 0 Å². The lowest BCUT2D eigenvalue weighted by atomic mass is 10.1. The normalized spacial score (nSPS) is 24.0. The highest BCUT2D eigenvalue weighted by molar-refractivity contribution is 5.99. The fourth-order valence-corrected chi connectivity index (χ4v) is 2.60. The van der Waals surface area contributed by atoms with Gasteiger partial charge in [0.05, 0.1) is 5.56 Å². The van der Waals surface area contributed by atoms with E-state index in [1.807, 2.05) is 6.07 Å². The van der Waals surface area contributed by atoms with Gasteiger partial charge in [0.2, 0.25) is 0 Å². The molecule has 0 saturated carbocycles. The van der Waals surface area contributed by atoms with Crippen molar-refractivity contribution in [1.29, 1.82) is 0 Å². The fourth-order valence-electron chi connectivity index (χ4n) is 2.60. The Morgan fingerprint density at radius 1 is 1.41 bits per heavy atom. The van der Waals surface area contributed by atoms with E-state index in [1.165, 1.54) is 6.42 Å². The summed E-state index contributed by atoms with van der Waals surface area (Å²) < 4.78 is 0. The average Bonchev–Trinajstić information content (AvgIpc) is 2.58. The van der Waals surface area contributed by atoms with Crippen molar-refractivity contribution in [2.24, 2.45) is 11.7 Å². The van der Waals surface area contributed by atoms with Crippen molar-refractivity contribution in [2.75, 3.05) is 17.2 Å². The predicted octanol–water partition coefficient (Wildman–Crippen LogP) is 1.60. The number of nitrogens with two attached hydrogens (primary N) is 2. The molecule has 1 amide bonds. The maximum absolute atomic E-state index is 11.3. The summed E-state index contributed by atoms with van der Waals surface area (Å²) >= 11 is 0. The van der Waals surface area contributed by atoms with Crippen LogP contribution in [0.4, 0.5) is 11.4 Å². The van der Waals surface area contributed by atoms with Crippen molar-refractivity contribution in [1.82, 2.24) is 0 Å². The number of carbonyl (C=O) groups is 1. The molecule has 92 valence electrons. The molecule has 0 aliphatic carbocycles. The number of anilines is 2. The summed E-state index contributed by atoms with van der Waals surface area (Å²) in [5.41, 5.74) is 12.9. The number of nitrogen functional groups attached to an aromatic ring is 1. The lowest BCUT2D eigenvalue weighted by Crippen LogP contribution is -2.27. The highest BCUT2D eigenvalue weighted by Gasteiger charge is 2.26. The first-order valence-corrected chi connectivity index (χ1v) is 5.95. The third-order valence-electron chi connectivity index (χ3n) is 3.42. The van der Waals surface area contributed by atoms with Gasteiger partial charge in [-0.3, -0.25) is 4.79 Å². The summed E-state index contributed by atoms with van der Waals surface area (Å²) in [5.74, 6) is 0.212. The van der Waals surface area contributed by atoms with Crippen LogP contribution < -0.4 is 16.4 Å². The standard InChI is InChI=1S/C13H19N3O/c1-8-5-9(2)16(7-8)10-3-4-12(14)11(6-10)13(15)17/h3-4,6,8-9H,5,7,14H2,1-2H3,(H2,15,17). The Hall–Kier alpha value is -1.71. The largest absolute Gasteiger partial charge is 0.398 e. The van der Waals surface area contributed by atoms with Gasteiger partial charge < -0.3 is 16.4 Å². The van der Waals surface area contributed by atoms with E-state index in [0.29, 0.717) is 23.2 Å². The lowest BCUT2D eigenvalue weighted by molar-refractivity contribution is 0.100. The number of primary amides is 1. The second-order valence-corrected chi connectivity index (χ2v) is 4.98. The second kappa shape index (κ2) is 4.28. The van der Waals surface area contributed by atoms with Crippen LogP contribution in [-0.2, 0) is 0 Å². The molecule has 0 bridgehead atoms. The van der Waals surface area contributed by atoms with Gasteiger partial charge in [0.1, 0.15) is 0 Å². The molecular weight excluding hydrogens is 214 g/mol. The van der Waals surface area contributed by atoms with E-state index in [9.17, 15) is 4.79 Å². The summed E-state index contributed by atoms with van der Waals surface area (Å²) in [6, 6.07) is 6.00. The number of hydrogen-bond acceptors (Lipinski definition) is 3. The Bertz CT molecular complexity index is 444. The molecule has 4 N–H and O–H groups in total. The molecule has 1 saturated heterocycles. The van der Waals surface area contributed by atoms with Gasteiger partial charge in [0.25, 0.3) is 5.91 Å². The van der Waals surface area contributed by atoms with Gasteiger partial charge in [-0.1, -0.05) is 6.92 Å². The van der Waals surface area contributed by atoms with Crippen LogP contribution in [-0.4, -0.2) is 18.5 Å². The van der Waals surface area contributed by atoms with Gasteiger partial charge in [-0.25, -0.2) is 0 Å².